The minimum Gasteiger partial charge on any atom is -0.166 e. The first kappa shape index (κ1) is 27.8. The number of halogens is 8. The first-order valence-electron chi connectivity index (χ1n) is 10.9. The van der Waals surface area contributed by atoms with Crippen LogP contribution in [0.1, 0.15) is 43.9 Å². The maximum absolute atomic E-state index is 13.2. The van der Waals surface area contributed by atoms with Crippen molar-refractivity contribution in [3.63, 3.8) is 0 Å². The van der Waals surface area contributed by atoms with Gasteiger partial charge in [-0.3, -0.25) is 0 Å². The third-order valence-electron chi connectivity index (χ3n) is 5.70. The first-order chi connectivity index (χ1) is 17.4. The molecule has 0 aliphatic rings. The van der Waals surface area contributed by atoms with Gasteiger partial charge in [0, 0.05) is 8.95 Å². The monoisotopic (exact) mass is 658 g/mol. The predicted octanol–water partition coefficient (Wildman–Crippen LogP) is 10.9. The van der Waals surface area contributed by atoms with Crippen molar-refractivity contribution in [1.29, 1.82) is 0 Å². The lowest BCUT2D eigenvalue weighted by Gasteiger charge is -2.26. The molecule has 192 valence electrons. The number of hydrogen-bond acceptors (Lipinski definition) is 1. The van der Waals surface area contributed by atoms with Crippen molar-refractivity contribution in [3.8, 4) is 0 Å². The second-order valence-electron chi connectivity index (χ2n) is 8.24. The number of alkyl halides is 6. The Morgan fingerprint density at radius 1 is 0.432 bits per heavy atom. The number of thioether (sulfide) groups is 1. The van der Waals surface area contributed by atoms with E-state index < -0.39 is 34.0 Å². The largest absolute Gasteiger partial charge is 0.416 e. The molecule has 0 heterocycles. The summed E-state index contributed by atoms with van der Waals surface area (Å²) in [4.78, 5) is 0. The van der Waals surface area contributed by atoms with E-state index in [1.807, 2.05) is 48.5 Å². The number of hydrogen-bond donors (Lipinski definition) is 0. The first-order valence-corrected chi connectivity index (χ1v) is 13.5. The second-order valence-corrected chi connectivity index (χ2v) is 11.3. The van der Waals surface area contributed by atoms with Crippen molar-refractivity contribution in [2.75, 3.05) is 0 Å². The van der Waals surface area contributed by atoms with Gasteiger partial charge in [-0.05, 0) is 70.8 Å². The molecule has 4 rings (SSSR count). The molecule has 0 spiro atoms. The molecule has 0 saturated carbocycles. The molecule has 0 radical (unpaired) electrons. The molecule has 0 bridgehead atoms. The van der Waals surface area contributed by atoms with Gasteiger partial charge in [0.2, 0.25) is 0 Å². The molecular weight excluding hydrogens is 642 g/mol. The smallest absolute Gasteiger partial charge is 0.166 e. The zero-order chi connectivity index (χ0) is 26.8. The summed E-state index contributed by atoms with van der Waals surface area (Å²) in [5, 5.41) is -0.794. The van der Waals surface area contributed by atoms with Gasteiger partial charge in [0.15, 0.2) is 0 Å². The third-order valence-corrected chi connectivity index (χ3v) is 8.39. The van der Waals surface area contributed by atoms with E-state index in [2.05, 4.69) is 31.9 Å². The summed E-state index contributed by atoms with van der Waals surface area (Å²) in [7, 11) is 0. The average molecular weight is 660 g/mol. The normalized spacial score (nSPS) is 13.8. The molecule has 0 aliphatic heterocycles. The Morgan fingerprint density at radius 2 is 0.676 bits per heavy atom. The van der Waals surface area contributed by atoms with E-state index in [-0.39, 0.29) is 0 Å². The lowest BCUT2D eigenvalue weighted by molar-refractivity contribution is -0.138. The topological polar surface area (TPSA) is 0 Å². The van der Waals surface area contributed by atoms with Gasteiger partial charge in [-0.2, -0.15) is 26.3 Å². The zero-order valence-electron chi connectivity index (χ0n) is 18.8. The summed E-state index contributed by atoms with van der Waals surface area (Å²) in [5.74, 6) is 0. The van der Waals surface area contributed by atoms with Gasteiger partial charge in [-0.1, -0.05) is 80.4 Å². The molecule has 0 N–H and O–H groups in total. The van der Waals surface area contributed by atoms with Gasteiger partial charge in [0.05, 0.1) is 21.6 Å². The Labute approximate surface area is 231 Å². The highest BCUT2D eigenvalue weighted by Crippen LogP contribution is 2.48. The van der Waals surface area contributed by atoms with Crippen LogP contribution in [0.5, 0.6) is 0 Å². The molecule has 2 atom stereocenters. The van der Waals surface area contributed by atoms with Crippen molar-refractivity contribution in [1.82, 2.24) is 0 Å². The Morgan fingerprint density at radius 3 is 0.919 bits per heavy atom. The van der Waals surface area contributed by atoms with E-state index >= 15 is 0 Å². The number of rotatable bonds is 6. The highest BCUT2D eigenvalue weighted by Gasteiger charge is 2.32. The van der Waals surface area contributed by atoms with Gasteiger partial charge in [-0.15, -0.1) is 11.8 Å². The lowest BCUT2D eigenvalue weighted by atomic mass is 10.0. The summed E-state index contributed by atoms with van der Waals surface area (Å²) in [6.07, 6.45) is -8.92. The molecule has 0 aliphatic carbocycles. The third kappa shape index (κ3) is 7.00. The summed E-state index contributed by atoms with van der Waals surface area (Å²) in [6.45, 7) is 0. The molecule has 0 fully saturated rings. The highest BCUT2D eigenvalue weighted by molar-refractivity contribution is 9.10. The molecule has 4 aromatic rings. The minimum absolute atomic E-state index is 0.397. The minimum atomic E-state index is -4.46. The molecule has 2 unspecified atom stereocenters. The maximum atomic E-state index is 13.2. The van der Waals surface area contributed by atoms with E-state index in [0.717, 1.165) is 44.3 Å². The Kier molecular flexibility index (Phi) is 8.45. The summed E-state index contributed by atoms with van der Waals surface area (Å²) in [6, 6.07) is 24.9. The summed E-state index contributed by atoms with van der Waals surface area (Å²) >= 11 is 8.26. The molecule has 37 heavy (non-hydrogen) atoms. The zero-order valence-corrected chi connectivity index (χ0v) is 22.8. The van der Waals surface area contributed by atoms with Crippen molar-refractivity contribution in [3.05, 3.63) is 139 Å². The fourth-order valence-electron chi connectivity index (χ4n) is 3.80. The maximum Gasteiger partial charge on any atom is 0.416 e. The number of benzene rings is 4. The SMILES string of the molecule is FC(F)(F)c1ccc(C(SC(c2ccc(Br)cc2)c2ccc(C(F)(F)F)cc2)c2ccc(Br)cc2)cc1. The Hall–Kier alpha value is -2.23. The van der Waals surface area contributed by atoms with Crippen LogP contribution < -0.4 is 0 Å². The van der Waals surface area contributed by atoms with E-state index in [9.17, 15) is 26.3 Å². The van der Waals surface area contributed by atoms with Crippen molar-refractivity contribution in [2.24, 2.45) is 0 Å². The standard InChI is InChI=1S/C28H18Br2F6S/c29-23-13-5-19(6-14-23)25(17-1-9-21(10-2-17)27(31,32)33)37-26(20-7-15-24(30)16-8-20)18-3-11-22(12-4-18)28(34,35)36/h1-16,25-26H. The molecule has 0 amide bonds. The molecular formula is C28H18Br2F6S. The van der Waals surface area contributed by atoms with Gasteiger partial charge in [0.25, 0.3) is 0 Å². The summed E-state index contributed by atoms with van der Waals surface area (Å²) in [5.41, 5.74) is 1.50. The molecule has 0 aromatic heterocycles. The van der Waals surface area contributed by atoms with Gasteiger partial charge in [0.1, 0.15) is 0 Å². The van der Waals surface area contributed by atoms with E-state index in [1.165, 1.54) is 36.0 Å². The molecule has 9 heteroatoms. The van der Waals surface area contributed by atoms with Crippen LogP contribution in [0.2, 0.25) is 0 Å². The summed E-state index contributed by atoms with van der Waals surface area (Å²) < 4.78 is 80.9. The quantitative estimate of drug-likeness (QED) is 0.186. The van der Waals surface area contributed by atoms with Crippen LogP contribution in [0, 0.1) is 0 Å². The van der Waals surface area contributed by atoms with E-state index in [4.69, 9.17) is 0 Å². The fourth-order valence-corrected chi connectivity index (χ4v) is 5.86. The van der Waals surface area contributed by atoms with Crippen molar-refractivity contribution >= 4 is 43.6 Å². The van der Waals surface area contributed by atoms with E-state index in [0.29, 0.717) is 11.1 Å². The van der Waals surface area contributed by atoms with Crippen LogP contribution in [0.4, 0.5) is 26.3 Å². The highest BCUT2D eigenvalue weighted by atomic mass is 79.9. The lowest BCUT2D eigenvalue weighted by Crippen LogP contribution is -2.08. The van der Waals surface area contributed by atoms with Gasteiger partial charge >= 0.3 is 12.4 Å². The average Bonchev–Trinajstić information content (AvgIpc) is 2.85. The molecule has 0 saturated heterocycles. The second kappa shape index (κ2) is 11.3. The molecule has 4 aromatic carbocycles. The van der Waals surface area contributed by atoms with Crippen LogP contribution in [-0.2, 0) is 12.4 Å². The van der Waals surface area contributed by atoms with E-state index in [1.54, 1.807) is 0 Å². The molecule has 0 nitrogen and oxygen atoms in total. The predicted molar refractivity (Wildman–Crippen MR) is 142 cm³/mol. The van der Waals surface area contributed by atoms with Gasteiger partial charge in [-0.25, -0.2) is 0 Å². The van der Waals surface area contributed by atoms with Crippen molar-refractivity contribution in [2.45, 2.75) is 22.9 Å². The fraction of sp³-hybridized carbons (Fsp3) is 0.143. The Bertz CT molecular complexity index is 1210. The van der Waals surface area contributed by atoms with Gasteiger partial charge < -0.3 is 0 Å². The van der Waals surface area contributed by atoms with Crippen LogP contribution in [0.25, 0.3) is 0 Å². The van der Waals surface area contributed by atoms with Crippen LogP contribution in [-0.4, -0.2) is 0 Å². The van der Waals surface area contributed by atoms with Crippen LogP contribution in [0.15, 0.2) is 106 Å². The van der Waals surface area contributed by atoms with Crippen LogP contribution in [0.3, 0.4) is 0 Å². The Balaban J connectivity index is 1.79. The van der Waals surface area contributed by atoms with Crippen LogP contribution >= 0.6 is 43.6 Å². The van der Waals surface area contributed by atoms with Crippen molar-refractivity contribution < 1.29 is 26.3 Å².